The highest BCUT2D eigenvalue weighted by molar-refractivity contribution is 5.94. The first-order valence-electron chi connectivity index (χ1n) is 8.98. The highest BCUT2D eigenvalue weighted by atomic mass is 16.6. The second-order valence-corrected chi connectivity index (χ2v) is 6.27. The Bertz CT molecular complexity index is 983. The van der Waals surface area contributed by atoms with Crippen LogP contribution in [-0.2, 0) is 27.5 Å². The van der Waals surface area contributed by atoms with E-state index in [1.165, 1.54) is 6.07 Å². The molecule has 0 spiro atoms. The van der Waals surface area contributed by atoms with Crippen molar-refractivity contribution in [1.82, 2.24) is 9.88 Å². The molecule has 0 fully saturated rings. The Balaban J connectivity index is 2.06. The second-order valence-electron chi connectivity index (χ2n) is 6.27. The lowest BCUT2D eigenvalue weighted by molar-refractivity contribution is -0.122. The number of pyridine rings is 1. The van der Waals surface area contributed by atoms with Crippen LogP contribution in [0.15, 0.2) is 46.3 Å². The van der Waals surface area contributed by atoms with E-state index in [2.05, 4.69) is 10.5 Å². The zero-order chi connectivity index (χ0) is 22.1. The summed E-state index contributed by atoms with van der Waals surface area (Å²) in [5, 5.41) is 5.86. The van der Waals surface area contributed by atoms with Crippen molar-refractivity contribution in [3.63, 3.8) is 0 Å². The van der Waals surface area contributed by atoms with Gasteiger partial charge in [-0.25, -0.2) is 4.79 Å². The van der Waals surface area contributed by atoms with Crippen LogP contribution in [0.25, 0.3) is 0 Å². The van der Waals surface area contributed by atoms with Crippen LogP contribution < -0.4 is 28.1 Å². The van der Waals surface area contributed by atoms with Crippen molar-refractivity contribution >= 4 is 23.5 Å². The predicted molar refractivity (Wildman–Crippen MR) is 110 cm³/mol. The fraction of sp³-hybridized carbons (Fsp3) is 0.263. The molecule has 1 aromatic carbocycles. The Labute approximate surface area is 172 Å². The molecule has 0 radical (unpaired) electrons. The SMILES string of the molecule is Cc1cc(N)c(C(=O)OCc2ccccc2)c(=O)n1CC(=O)NCCON=C(N)N. The Hall–Kier alpha value is -4.02. The molecule has 0 unspecified atom stereocenters. The number of guanidine groups is 1. The standard InChI is InChI=1S/C19H24N6O5/c1-12-9-14(20)16(18(28)29-11-13-5-3-2-4-6-13)17(27)25(12)10-15(26)23-7-8-30-24-19(21)22/h2-6,9H,7-8,10-11,20H2,1H3,(H,23,26)(H4,21,22,24). The first-order chi connectivity index (χ1) is 14.3. The molecule has 11 nitrogen and oxygen atoms in total. The molecule has 2 rings (SSSR count). The van der Waals surface area contributed by atoms with Crippen molar-refractivity contribution in [3.05, 3.63) is 63.6 Å². The fourth-order valence-corrected chi connectivity index (χ4v) is 2.55. The Morgan fingerprint density at radius 3 is 2.57 bits per heavy atom. The summed E-state index contributed by atoms with van der Waals surface area (Å²) in [6, 6.07) is 10.4. The molecule has 0 saturated carbocycles. The number of oxime groups is 1. The largest absolute Gasteiger partial charge is 0.457 e. The smallest absolute Gasteiger partial charge is 0.346 e. The predicted octanol–water partition coefficient (Wildman–Crippen LogP) is -0.583. The minimum atomic E-state index is -0.860. The van der Waals surface area contributed by atoms with Gasteiger partial charge in [-0.05, 0) is 23.7 Å². The van der Waals surface area contributed by atoms with Crippen molar-refractivity contribution in [3.8, 4) is 0 Å². The van der Waals surface area contributed by atoms with Crippen LogP contribution in [0.5, 0.6) is 0 Å². The van der Waals surface area contributed by atoms with Gasteiger partial charge in [-0.15, -0.1) is 0 Å². The summed E-state index contributed by atoms with van der Waals surface area (Å²) in [6.07, 6.45) is 0. The molecule has 30 heavy (non-hydrogen) atoms. The first-order valence-corrected chi connectivity index (χ1v) is 8.98. The number of benzene rings is 1. The maximum absolute atomic E-state index is 12.8. The van der Waals surface area contributed by atoms with E-state index in [0.29, 0.717) is 5.69 Å². The lowest BCUT2D eigenvalue weighted by Gasteiger charge is -2.14. The van der Waals surface area contributed by atoms with Crippen molar-refractivity contribution in [2.24, 2.45) is 16.6 Å². The molecule has 1 amide bonds. The normalized spacial score (nSPS) is 10.2. The van der Waals surface area contributed by atoms with Crippen LogP contribution in [0.4, 0.5) is 5.69 Å². The molecule has 0 saturated heterocycles. The van der Waals surface area contributed by atoms with Gasteiger partial charge in [-0.3, -0.25) is 9.59 Å². The van der Waals surface area contributed by atoms with Gasteiger partial charge in [0.25, 0.3) is 5.56 Å². The molecule has 1 aromatic heterocycles. The quantitative estimate of drug-likeness (QED) is 0.138. The number of nitrogens with two attached hydrogens (primary N) is 3. The maximum Gasteiger partial charge on any atom is 0.346 e. The molecule has 0 aliphatic heterocycles. The minimum absolute atomic E-state index is 0.0112. The summed E-state index contributed by atoms with van der Waals surface area (Å²) in [5.41, 5.74) is 16.2. The molecular formula is C19H24N6O5. The van der Waals surface area contributed by atoms with Crippen LogP contribution in [0.2, 0.25) is 0 Å². The van der Waals surface area contributed by atoms with E-state index in [1.807, 2.05) is 6.07 Å². The number of rotatable bonds is 9. The lowest BCUT2D eigenvalue weighted by Crippen LogP contribution is -2.37. The van der Waals surface area contributed by atoms with Crippen molar-refractivity contribution in [2.45, 2.75) is 20.1 Å². The summed E-state index contributed by atoms with van der Waals surface area (Å²) >= 11 is 0. The van der Waals surface area contributed by atoms with Crippen molar-refractivity contribution in [2.75, 3.05) is 18.9 Å². The number of carbonyl (C=O) groups excluding carboxylic acids is 2. The highest BCUT2D eigenvalue weighted by Crippen LogP contribution is 2.12. The summed E-state index contributed by atoms with van der Waals surface area (Å²) in [6.45, 7) is 1.43. The van der Waals surface area contributed by atoms with Gasteiger partial charge >= 0.3 is 5.97 Å². The number of nitrogens with one attached hydrogen (secondary N) is 1. The molecule has 7 N–H and O–H groups in total. The Kier molecular flexibility index (Phi) is 7.80. The maximum atomic E-state index is 12.8. The van der Waals surface area contributed by atoms with E-state index in [-0.39, 0.29) is 43.5 Å². The van der Waals surface area contributed by atoms with E-state index < -0.39 is 17.4 Å². The van der Waals surface area contributed by atoms with Gasteiger partial charge in [-0.2, -0.15) is 0 Å². The topological polar surface area (TPSA) is 177 Å². The van der Waals surface area contributed by atoms with Crippen LogP contribution in [0, 0.1) is 6.92 Å². The number of aryl methyl sites for hydroxylation is 1. The molecule has 1 heterocycles. The van der Waals surface area contributed by atoms with Crippen molar-refractivity contribution in [1.29, 1.82) is 0 Å². The van der Waals surface area contributed by atoms with E-state index in [4.69, 9.17) is 26.8 Å². The van der Waals surface area contributed by atoms with E-state index >= 15 is 0 Å². The number of anilines is 1. The first kappa shape index (κ1) is 22.3. The van der Waals surface area contributed by atoms with Crippen LogP contribution in [0.1, 0.15) is 21.6 Å². The molecule has 160 valence electrons. The highest BCUT2D eigenvalue weighted by Gasteiger charge is 2.21. The minimum Gasteiger partial charge on any atom is -0.457 e. The van der Waals surface area contributed by atoms with Gasteiger partial charge in [0.1, 0.15) is 25.3 Å². The number of aromatic nitrogens is 1. The van der Waals surface area contributed by atoms with Crippen LogP contribution in [0.3, 0.4) is 0 Å². The number of hydrogen-bond acceptors (Lipinski definition) is 7. The van der Waals surface area contributed by atoms with E-state index in [9.17, 15) is 14.4 Å². The molecule has 0 bridgehead atoms. The van der Waals surface area contributed by atoms with E-state index in [0.717, 1.165) is 10.1 Å². The fourth-order valence-electron chi connectivity index (χ4n) is 2.55. The second kappa shape index (κ2) is 10.5. The Morgan fingerprint density at radius 2 is 1.90 bits per heavy atom. The molecule has 0 atom stereocenters. The van der Waals surface area contributed by atoms with Gasteiger partial charge in [0.05, 0.1) is 12.2 Å². The molecule has 0 aliphatic rings. The van der Waals surface area contributed by atoms with E-state index in [1.54, 1.807) is 31.2 Å². The Morgan fingerprint density at radius 1 is 1.20 bits per heavy atom. The van der Waals surface area contributed by atoms with Gasteiger partial charge in [0.2, 0.25) is 11.9 Å². The zero-order valence-corrected chi connectivity index (χ0v) is 16.5. The summed E-state index contributed by atoms with van der Waals surface area (Å²) in [4.78, 5) is 42.1. The molecule has 0 aliphatic carbocycles. The van der Waals surface area contributed by atoms with Gasteiger partial charge in [0.15, 0.2) is 0 Å². The number of carbonyl (C=O) groups is 2. The van der Waals surface area contributed by atoms with Gasteiger partial charge < -0.3 is 36.7 Å². The summed E-state index contributed by atoms with van der Waals surface area (Å²) in [5.74, 6) is -1.57. The monoisotopic (exact) mass is 416 g/mol. The average molecular weight is 416 g/mol. The van der Waals surface area contributed by atoms with Crippen LogP contribution in [-0.4, -0.2) is 35.6 Å². The molecule has 11 heteroatoms. The summed E-state index contributed by atoms with van der Waals surface area (Å²) < 4.78 is 6.35. The summed E-state index contributed by atoms with van der Waals surface area (Å²) in [7, 11) is 0. The number of nitrogen functional groups attached to an aromatic ring is 1. The lowest BCUT2D eigenvalue weighted by atomic mass is 10.2. The third-order valence-electron chi connectivity index (χ3n) is 3.94. The average Bonchev–Trinajstić information content (AvgIpc) is 2.69. The number of esters is 1. The molecular weight excluding hydrogens is 392 g/mol. The number of amides is 1. The molecule has 2 aromatic rings. The third kappa shape index (κ3) is 6.26. The third-order valence-corrected chi connectivity index (χ3v) is 3.94. The number of nitrogens with zero attached hydrogens (tertiary/aromatic N) is 2. The van der Waals surface area contributed by atoms with Crippen LogP contribution >= 0.6 is 0 Å². The zero-order valence-electron chi connectivity index (χ0n) is 16.5. The van der Waals surface area contributed by atoms with Gasteiger partial charge in [-0.1, -0.05) is 30.3 Å². The van der Waals surface area contributed by atoms with Gasteiger partial charge in [0, 0.05) is 5.69 Å². The number of ether oxygens (including phenoxy) is 1. The number of hydrogen-bond donors (Lipinski definition) is 4. The van der Waals surface area contributed by atoms with Crippen molar-refractivity contribution < 1.29 is 19.2 Å².